The summed E-state index contributed by atoms with van der Waals surface area (Å²) < 4.78 is 5.66. The van der Waals surface area contributed by atoms with E-state index in [-0.39, 0.29) is 6.10 Å². The largest absolute Gasteiger partial charge is 0.374 e. The van der Waals surface area contributed by atoms with Crippen LogP contribution in [0.2, 0.25) is 0 Å². The maximum absolute atomic E-state index is 5.66. The highest BCUT2D eigenvalue weighted by Gasteiger charge is 2.03. The van der Waals surface area contributed by atoms with Gasteiger partial charge in [0.1, 0.15) is 0 Å². The summed E-state index contributed by atoms with van der Waals surface area (Å²) in [7, 11) is 0. The van der Waals surface area contributed by atoms with E-state index in [1.54, 1.807) is 18.5 Å². The van der Waals surface area contributed by atoms with Gasteiger partial charge in [0.15, 0.2) is 0 Å². The number of nitrogens with one attached hydrogen (secondary N) is 1. The first-order chi connectivity index (χ1) is 9.25. The highest BCUT2D eigenvalue weighted by atomic mass is 16.5. The highest BCUT2D eigenvalue weighted by Crippen LogP contribution is 2.12. The molecule has 0 aliphatic heterocycles. The first kappa shape index (κ1) is 13.5. The van der Waals surface area contributed by atoms with Crippen molar-refractivity contribution in [3.05, 3.63) is 53.9 Å². The van der Waals surface area contributed by atoms with Crippen molar-refractivity contribution in [1.29, 1.82) is 0 Å². The summed E-state index contributed by atoms with van der Waals surface area (Å²) in [6, 6.07) is 10.0. The molecule has 0 spiro atoms. The lowest BCUT2D eigenvalue weighted by molar-refractivity contribution is 0.0653. The third kappa shape index (κ3) is 4.34. The number of benzene rings is 1. The van der Waals surface area contributed by atoms with Gasteiger partial charge in [-0.3, -0.25) is 0 Å². The maximum atomic E-state index is 5.66. The van der Waals surface area contributed by atoms with Gasteiger partial charge in [-0.2, -0.15) is 0 Å². The number of hydrogen-bond acceptors (Lipinski definition) is 4. The van der Waals surface area contributed by atoms with Crippen LogP contribution in [-0.4, -0.2) is 16.1 Å². The molecule has 1 heterocycles. The SMILES string of the molecule is CC(C)OCc1ccccc1CNc1ncccn1. The molecule has 0 radical (unpaired) electrons. The topological polar surface area (TPSA) is 47.0 Å². The molecule has 2 aromatic rings. The summed E-state index contributed by atoms with van der Waals surface area (Å²) in [5.74, 6) is 0.641. The van der Waals surface area contributed by atoms with Crippen LogP contribution in [0.3, 0.4) is 0 Å². The third-order valence-electron chi connectivity index (χ3n) is 2.69. The van der Waals surface area contributed by atoms with Crippen molar-refractivity contribution in [2.24, 2.45) is 0 Å². The molecular weight excluding hydrogens is 238 g/mol. The van der Waals surface area contributed by atoms with Gasteiger partial charge >= 0.3 is 0 Å². The van der Waals surface area contributed by atoms with E-state index in [1.807, 2.05) is 26.0 Å². The lowest BCUT2D eigenvalue weighted by atomic mass is 10.1. The van der Waals surface area contributed by atoms with Crippen molar-refractivity contribution >= 4 is 5.95 Å². The van der Waals surface area contributed by atoms with Crippen molar-refractivity contribution in [2.45, 2.75) is 33.1 Å². The summed E-state index contributed by atoms with van der Waals surface area (Å²) in [5, 5.41) is 3.21. The Kier molecular flexibility index (Phi) is 4.86. The van der Waals surface area contributed by atoms with Crippen molar-refractivity contribution in [1.82, 2.24) is 9.97 Å². The zero-order valence-electron chi connectivity index (χ0n) is 11.3. The average molecular weight is 257 g/mol. The molecule has 0 amide bonds. The van der Waals surface area contributed by atoms with E-state index in [1.165, 1.54) is 11.1 Å². The molecular formula is C15H19N3O. The van der Waals surface area contributed by atoms with E-state index < -0.39 is 0 Å². The minimum atomic E-state index is 0.235. The molecule has 0 aliphatic rings. The normalized spacial score (nSPS) is 10.7. The van der Waals surface area contributed by atoms with Crippen LogP contribution in [0.5, 0.6) is 0 Å². The number of nitrogens with zero attached hydrogens (tertiary/aromatic N) is 2. The zero-order chi connectivity index (χ0) is 13.5. The predicted molar refractivity (Wildman–Crippen MR) is 75.7 cm³/mol. The van der Waals surface area contributed by atoms with Crippen molar-refractivity contribution in [3.8, 4) is 0 Å². The predicted octanol–water partition coefficient (Wildman–Crippen LogP) is 3.01. The minimum Gasteiger partial charge on any atom is -0.374 e. The Labute approximate surface area is 113 Å². The molecule has 19 heavy (non-hydrogen) atoms. The summed E-state index contributed by atoms with van der Waals surface area (Å²) >= 11 is 0. The molecule has 1 aromatic heterocycles. The summed E-state index contributed by atoms with van der Waals surface area (Å²) in [4.78, 5) is 8.29. The van der Waals surface area contributed by atoms with Crippen molar-refractivity contribution in [3.63, 3.8) is 0 Å². The number of aromatic nitrogens is 2. The van der Waals surface area contributed by atoms with Crippen LogP contribution >= 0.6 is 0 Å². The summed E-state index contributed by atoms with van der Waals surface area (Å²) in [5.41, 5.74) is 2.40. The molecule has 0 saturated carbocycles. The monoisotopic (exact) mass is 257 g/mol. The fraction of sp³-hybridized carbons (Fsp3) is 0.333. The van der Waals surface area contributed by atoms with Crippen LogP contribution in [-0.2, 0) is 17.9 Å². The molecule has 2 rings (SSSR count). The second-order valence-electron chi connectivity index (χ2n) is 4.55. The quantitative estimate of drug-likeness (QED) is 0.864. The zero-order valence-corrected chi connectivity index (χ0v) is 11.3. The second-order valence-corrected chi connectivity index (χ2v) is 4.55. The van der Waals surface area contributed by atoms with E-state index in [9.17, 15) is 0 Å². The highest BCUT2D eigenvalue weighted by molar-refractivity contribution is 5.31. The number of ether oxygens (including phenoxy) is 1. The van der Waals surface area contributed by atoms with Crippen LogP contribution in [0.15, 0.2) is 42.7 Å². The van der Waals surface area contributed by atoms with Gasteiger partial charge < -0.3 is 10.1 Å². The molecule has 0 fully saturated rings. The lowest BCUT2D eigenvalue weighted by Gasteiger charge is -2.12. The first-order valence-electron chi connectivity index (χ1n) is 6.45. The molecule has 4 heteroatoms. The van der Waals surface area contributed by atoms with Gasteiger partial charge in [-0.15, -0.1) is 0 Å². The first-order valence-corrected chi connectivity index (χ1v) is 6.45. The van der Waals surface area contributed by atoms with Crippen molar-refractivity contribution < 1.29 is 4.74 Å². The Balaban J connectivity index is 1.99. The van der Waals surface area contributed by atoms with Gasteiger partial charge in [0, 0.05) is 18.9 Å². The number of anilines is 1. The average Bonchev–Trinajstić information content (AvgIpc) is 2.45. The second kappa shape index (κ2) is 6.85. The van der Waals surface area contributed by atoms with Crippen LogP contribution in [0.1, 0.15) is 25.0 Å². The van der Waals surface area contributed by atoms with E-state index in [2.05, 4.69) is 27.4 Å². The van der Waals surface area contributed by atoms with Gasteiger partial charge in [-0.05, 0) is 31.0 Å². The fourth-order valence-electron chi connectivity index (χ4n) is 1.69. The number of rotatable bonds is 6. The molecule has 0 unspecified atom stereocenters. The lowest BCUT2D eigenvalue weighted by Crippen LogP contribution is -2.08. The van der Waals surface area contributed by atoms with Gasteiger partial charge in [0.05, 0.1) is 12.7 Å². The van der Waals surface area contributed by atoms with E-state index >= 15 is 0 Å². The van der Waals surface area contributed by atoms with Crippen LogP contribution in [0.4, 0.5) is 5.95 Å². The Morgan fingerprint density at radius 1 is 1.05 bits per heavy atom. The smallest absolute Gasteiger partial charge is 0.222 e. The van der Waals surface area contributed by atoms with Gasteiger partial charge in [-0.25, -0.2) is 9.97 Å². The van der Waals surface area contributed by atoms with Gasteiger partial charge in [0.25, 0.3) is 0 Å². The van der Waals surface area contributed by atoms with E-state index in [4.69, 9.17) is 4.74 Å². The molecule has 0 aliphatic carbocycles. The molecule has 0 bridgehead atoms. The van der Waals surface area contributed by atoms with Gasteiger partial charge in [0.2, 0.25) is 5.95 Å². The summed E-state index contributed by atoms with van der Waals surface area (Å²) in [6.45, 7) is 5.41. The Bertz CT molecular complexity index is 500. The molecule has 0 saturated heterocycles. The third-order valence-corrected chi connectivity index (χ3v) is 2.69. The van der Waals surface area contributed by atoms with Crippen LogP contribution in [0.25, 0.3) is 0 Å². The molecule has 1 aromatic carbocycles. The standard InChI is InChI=1S/C15H19N3O/c1-12(2)19-11-14-7-4-3-6-13(14)10-18-15-16-8-5-9-17-15/h3-9,12H,10-11H2,1-2H3,(H,16,17,18). The van der Waals surface area contributed by atoms with Crippen LogP contribution < -0.4 is 5.32 Å². The molecule has 4 nitrogen and oxygen atoms in total. The van der Waals surface area contributed by atoms with E-state index in [0.29, 0.717) is 19.1 Å². The molecule has 1 N–H and O–H groups in total. The Morgan fingerprint density at radius 2 is 1.74 bits per heavy atom. The van der Waals surface area contributed by atoms with Gasteiger partial charge in [-0.1, -0.05) is 24.3 Å². The van der Waals surface area contributed by atoms with Crippen LogP contribution in [0, 0.1) is 0 Å². The van der Waals surface area contributed by atoms with E-state index in [0.717, 1.165) is 0 Å². The number of hydrogen-bond donors (Lipinski definition) is 1. The fourth-order valence-corrected chi connectivity index (χ4v) is 1.69. The summed E-state index contributed by atoms with van der Waals surface area (Å²) in [6.07, 6.45) is 3.69. The maximum Gasteiger partial charge on any atom is 0.222 e. The molecule has 0 atom stereocenters. The Hall–Kier alpha value is -1.94. The van der Waals surface area contributed by atoms with Crippen molar-refractivity contribution in [2.75, 3.05) is 5.32 Å². The minimum absolute atomic E-state index is 0.235. The Morgan fingerprint density at radius 3 is 2.42 bits per heavy atom. The molecule has 100 valence electrons.